The average molecular weight is 697 g/mol. The van der Waals surface area contributed by atoms with E-state index in [4.69, 9.17) is 23.7 Å². The van der Waals surface area contributed by atoms with Gasteiger partial charge in [0.15, 0.2) is 29.2 Å². The molecule has 1 aliphatic heterocycles. The Kier molecular flexibility index (Phi) is 12.1. The normalized spacial score (nSPS) is 15.6. The van der Waals surface area contributed by atoms with Gasteiger partial charge in [-0.1, -0.05) is 6.07 Å². The van der Waals surface area contributed by atoms with Gasteiger partial charge in [-0.25, -0.2) is 9.59 Å². The maximum atomic E-state index is 12.4. The lowest BCUT2D eigenvalue weighted by atomic mass is 9.95. The summed E-state index contributed by atoms with van der Waals surface area (Å²) in [7, 11) is 1.28. The number of hydrogen-bond donors (Lipinski definition) is 4. The van der Waals surface area contributed by atoms with Gasteiger partial charge in [0.1, 0.15) is 6.61 Å². The lowest BCUT2D eigenvalue weighted by Crippen LogP contribution is -2.45. The van der Waals surface area contributed by atoms with Gasteiger partial charge in [0.25, 0.3) is 0 Å². The van der Waals surface area contributed by atoms with Crippen LogP contribution in [0.3, 0.4) is 0 Å². The van der Waals surface area contributed by atoms with Crippen molar-refractivity contribution in [1.29, 1.82) is 0 Å². The second-order valence-electron chi connectivity index (χ2n) is 9.34. The van der Waals surface area contributed by atoms with Gasteiger partial charge >= 0.3 is 12.0 Å². The third-order valence-corrected chi connectivity index (χ3v) is 6.60. The number of carbonyl (C=O) groups is 2. The number of urea groups is 1. The Morgan fingerprint density at radius 3 is 2.50 bits per heavy atom. The molecule has 0 bridgehead atoms. The zero-order valence-electron chi connectivity index (χ0n) is 24.4. The number of allylic oxidation sites excluding steroid dienone is 1. The molecule has 0 fully saturated rings. The number of hydrogen-bond acceptors (Lipinski definition) is 10. The van der Waals surface area contributed by atoms with Crippen molar-refractivity contribution < 1.29 is 38.4 Å². The minimum Gasteiger partial charge on any atom is -0.490 e. The van der Waals surface area contributed by atoms with E-state index in [1.807, 2.05) is 39.8 Å². The smallest absolute Gasteiger partial charge is 0.337 e. The molecule has 2 atom stereocenters. The molecule has 12 nitrogen and oxygen atoms in total. The molecule has 2 aromatic rings. The van der Waals surface area contributed by atoms with E-state index >= 15 is 0 Å². The van der Waals surface area contributed by atoms with Crippen LogP contribution >= 0.6 is 22.6 Å². The third kappa shape index (κ3) is 8.64. The molecule has 0 spiro atoms. The van der Waals surface area contributed by atoms with E-state index < -0.39 is 24.3 Å². The fourth-order valence-corrected chi connectivity index (χ4v) is 4.85. The van der Waals surface area contributed by atoms with Crippen molar-refractivity contribution in [2.45, 2.75) is 53.0 Å². The van der Waals surface area contributed by atoms with Crippen LogP contribution in [-0.4, -0.2) is 62.6 Å². The van der Waals surface area contributed by atoms with Crippen molar-refractivity contribution in [1.82, 2.24) is 16.1 Å². The van der Waals surface area contributed by atoms with Gasteiger partial charge < -0.3 is 39.4 Å². The molecule has 1 heterocycles. The van der Waals surface area contributed by atoms with Crippen molar-refractivity contribution in [3.63, 3.8) is 0 Å². The summed E-state index contributed by atoms with van der Waals surface area (Å²) in [6.45, 7) is 9.93. The van der Waals surface area contributed by atoms with E-state index in [2.05, 4.69) is 43.8 Å². The number of nitrogens with zero attached hydrogens (tertiary/aromatic N) is 1. The molecule has 0 saturated carbocycles. The fraction of sp³-hybridized carbons (Fsp3) is 0.414. The highest BCUT2D eigenvalue weighted by Gasteiger charge is 2.32. The summed E-state index contributed by atoms with van der Waals surface area (Å²) in [5.41, 5.74) is 4.66. The zero-order chi connectivity index (χ0) is 30.8. The number of ether oxygens (including phenoxy) is 5. The number of aliphatic hydroxyl groups excluding tert-OH is 1. The predicted octanol–water partition coefficient (Wildman–Crippen LogP) is 4.00. The topological polar surface area (TPSA) is 149 Å². The summed E-state index contributed by atoms with van der Waals surface area (Å²) < 4.78 is 29.0. The number of benzene rings is 2. The molecule has 0 aliphatic carbocycles. The molecular weight excluding hydrogens is 659 g/mol. The van der Waals surface area contributed by atoms with Gasteiger partial charge in [-0.15, -0.1) is 0 Å². The van der Waals surface area contributed by atoms with Gasteiger partial charge in [-0.05, 0) is 92.6 Å². The molecule has 2 aromatic carbocycles. The molecule has 228 valence electrons. The second-order valence-corrected chi connectivity index (χ2v) is 10.5. The largest absolute Gasteiger partial charge is 0.490 e. The molecule has 4 N–H and O–H groups in total. The van der Waals surface area contributed by atoms with Crippen LogP contribution in [0.15, 0.2) is 46.7 Å². The molecule has 0 radical (unpaired) electrons. The van der Waals surface area contributed by atoms with Gasteiger partial charge in [0, 0.05) is 5.70 Å². The molecule has 2 amide bonds. The van der Waals surface area contributed by atoms with Crippen LogP contribution in [0.25, 0.3) is 0 Å². The SMILES string of the molecule is CCOc1cc([C@H]2NC(=O)NC(C)=C2C(=O)OC)ccc1OC[C@H](O)N/N=C/c1cc(I)c(OC(C)C)c(OCC)c1. The first-order chi connectivity index (χ1) is 20.1. The third-order valence-electron chi connectivity index (χ3n) is 5.79. The first-order valence-corrected chi connectivity index (χ1v) is 14.5. The number of methoxy groups -OCH3 is 1. The van der Waals surface area contributed by atoms with Crippen LogP contribution in [0.5, 0.6) is 23.0 Å². The van der Waals surface area contributed by atoms with Crippen molar-refractivity contribution in [3.05, 3.63) is 56.3 Å². The number of aliphatic hydroxyl groups is 1. The van der Waals surface area contributed by atoms with Gasteiger partial charge in [-0.3, -0.25) is 5.43 Å². The standard InChI is InChI=1S/C29H37IN4O8/c1-7-39-22-13-19(26-25(28(36)38-6)17(5)32-29(37)33-26)9-10-21(22)41-15-24(35)34-31-14-18-11-20(30)27(42-16(3)4)23(12-18)40-8-2/h9-14,16,24,26,34-35H,7-8,15H2,1-6H3,(H2,32,33,37)/b31-14+/t24-,26+/m0/s1. The number of amides is 2. The summed E-state index contributed by atoms with van der Waals surface area (Å²) in [4.78, 5) is 24.6. The van der Waals surface area contributed by atoms with Crippen LogP contribution < -0.4 is 35.0 Å². The summed E-state index contributed by atoms with van der Waals surface area (Å²) in [6.07, 6.45) is 0.428. The molecule has 0 unspecified atom stereocenters. The Morgan fingerprint density at radius 2 is 1.83 bits per heavy atom. The molecule has 1 aliphatic rings. The van der Waals surface area contributed by atoms with Crippen LogP contribution in [0.1, 0.15) is 51.8 Å². The van der Waals surface area contributed by atoms with E-state index in [1.165, 1.54) is 7.11 Å². The molecular formula is C29H37IN4O8. The van der Waals surface area contributed by atoms with Gasteiger partial charge in [0.2, 0.25) is 0 Å². The van der Waals surface area contributed by atoms with E-state index in [-0.39, 0.29) is 18.3 Å². The quantitative estimate of drug-likeness (QED) is 0.0757. The first kappa shape index (κ1) is 32.8. The van der Waals surface area contributed by atoms with E-state index in [9.17, 15) is 14.7 Å². The molecule has 0 saturated heterocycles. The molecule has 3 rings (SSSR count). The number of nitrogens with one attached hydrogen (secondary N) is 3. The Labute approximate surface area is 258 Å². The Bertz CT molecular complexity index is 1330. The number of rotatable bonds is 14. The molecule has 0 aromatic heterocycles. The number of carbonyl (C=O) groups excluding carboxylic acids is 2. The van der Waals surface area contributed by atoms with Crippen LogP contribution in [0.2, 0.25) is 0 Å². The predicted molar refractivity (Wildman–Crippen MR) is 165 cm³/mol. The molecule has 42 heavy (non-hydrogen) atoms. The lowest BCUT2D eigenvalue weighted by molar-refractivity contribution is -0.136. The van der Waals surface area contributed by atoms with E-state index in [0.29, 0.717) is 47.5 Å². The Balaban J connectivity index is 1.70. The van der Waals surface area contributed by atoms with Crippen molar-refractivity contribution in [2.24, 2.45) is 5.10 Å². The highest BCUT2D eigenvalue weighted by atomic mass is 127. The van der Waals surface area contributed by atoms with Crippen molar-refractivity contribution in [2.75, 3.05) is 26.9 Å². The summed E-state index contributed by atoms with van der Waals surface area (Å²) in [5, 5.41) is 19.9. The zero-order valence-corrected chi connectivity index (χ0v) is 26.6. The Hall–Kier alpha value is -3.72. The number of esters is 1. The number of halogens is 1. The second kappa shape index (κ2) is 15.5. The minimum atomic E-state index is -1.13. The van der Waals surface area contributed by atoms with Gasteiger partial charge in [0.05, 0.1) is 47.8 Å². The first-order valence-electron chi connectivity index (χ1n) is 13.4. The number of hydrazone groups is 1. The maximum Gasteiger partial charge on any atom is 0.337 e. The summed E-state index contributed by atoms with van der Waals surface area (Å²) in [5.74, 6) is 1.47. The van der Waals surface area contributed by atoms with Crippen LogP contribution in [0, 0.1) is 3.57 Å². The average Bonchev–Trinajstić information content (AvgIpc) is 2.93. The van der Waals surface area contributed by atoms with Crippen LogP contribution in [-0.2, 0) is 9.53 Å². The monoisotopic (exact) mass is 696 g/mol. The Morgan fingerprint density at radius 1 is 1.12 bits per heavy atom. The lowest BCUT2D eigenvalue weighted by Gasteiger charge is -2.28. The summed E-state index contributed by atoms with van der Waals surface area (Å²) >= 11 is 2.19. The minimum absolute atomic E-state index is 0.00251. The molecule has 13 heteroatoms. The summed E-state index contributed by atoms with van der Waals surface area (Å²) in [6, 6.07) is 7.55. The fourth-order valence-electron chi connectivity index (χ4n) is 4.10. The highest BCUT2D eigenvalue weighted by Crippen LogP contribution is 2.36. The van der Waals surface area contributed by atoms with Gasteiger partial charge in [-0.2, -0.15) is 5.10 Å². The van der Waals surface area contributed by atoms with Crippen molar-refractivity contribution in [3.8, 4) is 23.0 Å². The maximum absolute atomic E-state index is 12.4. The highest BCUT2D eigenvalue weighted by molar-refractivity contribution is 14.1. The van der Waals surface area contributed by atoms with Crippen molar-refractivity contribution >= 4 is 40.8 Å². The van der Waals surface area contributed by atoms with E-state index in [1.54, 1.807) is 31.3 Å². The van der Waals surface area contributed by atoms with E-state index in [0.717, 1.165) is 9.13 Å². The van der Waals surface area contributed by atoms with Crippen LogP contribution in [0.4, 0.5) is 4.79 Å².